The molecule has 4 rings (SSSR count). The highest BCUT2D eigenvalue weighted by Crippen LogP contribution is 2.35. The van der Waals surface area contributed by atoms with E-state index in [1.807, 2.05) is 13.1 Å². The lowest BCUT2D eigenvalue weighted by atomic mass is 9.84. The highest BCUT2D eigenvalue weighted by Gasteiger charge is 2.23. The molecule has 1 aliphatic carbocycles. The largest absolute Gasteiger partial charge is 0.402 e. The number of aromatic nitrogens is 3. The van der Waals surface area contributed by atoms with E-state index in [-0.39, 0.29) is 11.5 Å². The number of rotatable bonds is 5. The number of aliphatic hydroxyl groups excluding tert-OH is 1. The minimum atomic E-state index is -0.191. The molecule has 3 N–H and O–H groups in total. The van der Waals surface area contributed by atoms with Crippen molar-refractivity contribution >= 4 is 22.6 Å². The van der Waals surface area contributed by atoms with Crippen LogP contribution >= 0.6 is 0 Å². The van der Waals surface area contributed by atoms with Crippen LogP contribution < -0.4 is 10.6 Å². The van der Waals surface area contributed by atoms with E-state index in [4.69, 9.17) is 9.40 Å². The third-order valence-electron chi connectivity index (χ3n) is 6.16. The Morgan fingerprint density at radius 3 is 2.68 bits per heavy atom. The summed E-state index contributed by atoms with van der Waals surface area (Å²) < 4.78 is 5.89. The van der Waals surface area contributed by atoms with E-state index >= 15 is 0 Å². The zero-order valence-electron chi connectivity index (χ0n) is 19.1. The first-order chi connectivity index (χ1) is 14.7. The molecule has 0 saturated heterocycles. The average molecular weight is 424 g/mol. The number of anilines is 2. The third-order valence-corrected chi connectivity index (χ3v) is 6.16. The Balaban J connectivity index is 1.63. The average Bonchev–Trinajstić information content (AvgIpc) is 3.20. The van der Waals surface area contributed by atoms with E-state index in [2.05, 4.69) is 60.7 Å². The maximum atomic E-state index is 9.86. The molecule has 31 heavy (non-hydrogen) atoms. The van der Waals surface area contributed by atoms with E-state index in [1.165, 1.54) is 5.56 Å². The second-order valence-electron chi connectivity index (χ2n) is 9.72. The molecule has 1 aromatic carbocycles. The molecular weight excluding hydrogens is 390 g/mol. The highest BCUT2D eigenvalue weighted by molar-refractivity contribution is 5.90. The molecule has 2 atom stereocenters. The van der Waals surface area contributed by atoms with Crippen LogP contribution in [0.15, 0.2) is 22.6 Å². The number of aryl methyl sites for hydroxylation is 1. The predicted octanol–water partition coefficient (Wildman–Crippen LogP) is 4.90. The summed E-state index contributed by atoms with van der Waals surface area (Å²) in [5, 5.41) is 25.9. The molecule has 2 unspecified atom stereocenters. The maximum absolute atomic E-state index is 9.86. The van der Waals surface area contributed by atoms with Gasteiger partial charge in [0, 0.05) is 24.7 Å². The topological polar surface area (TPSA) is 96.1 Å². The van der Waals surface area contributed by atoms with Crippen molar-refractivity contribution in [2.24, 2.45) is 5.92 Å². The molecule has 0 radical (unpaired) electrons. The molecule has 3 aromatic rings. The molecule has 2 aromatic heterocycles. The summed E-state index contributed by atoms with van der Waals surface area (Å²) in [6, 6.07) is 6.70. The molecule has 7 heteroatoms. The second-order valence-corrected chi connectivity index (χ2v) is 9.72. The van der Waals surface area contributed by atoms with E-state index in [1.54, 1.807) is 0 Å². The molecular formula is C24H33N5O2. The van der Waals surface area contributed by atoms with Gasteiger partial charge in [0.1, 0.15) is 5.69 Å². The summed E-state index contributed by atoms with van der Waals surface area (Å²) in [7, 11) is 1.94. The van der Waals surface area contributed by atoms with Gasteiger partial charge in [-0.1, -0.05) is 32.3 Å². The summed E-state index contributed by atoms with van der Waals surface area (Å²) >= 11 is 0. The van der Waals surface area contributed by atoms with Crippen LogP contribution in [0.2, 0.25) is 0 Å². The van der Waals surface area contributed by atoms with Gasteiger partial charge in [-0.05, 0) is 66.8 Å². The van der Waals surface area contributed by atoms with Gasteiger partial charge in [0.15, 0.2) is 0 Å². The van der Waals surface area contributed by atoms with Gasteiger partial charge in [0.25, 0.3) is 5.89 Å². The van der Waals surface area contributed by atoms with Gasteiger partial charge in [-0.25, -0.2) is 4.98 Å². The van der Waals surface area contributed by atoms with Crippen molar-refractivity contribution in [1.82, 2.24) is 15.2 Å². The van der Waals surface area contributed by atoms with Crippen molar-refractivity contribution in [2.75, 3.05) is 24.2 Å². The number of benzene rings is 1. The molecule has 2 heterocycles. The summed E-state index contributed by atoms with van der Waals surface area (Å²) in [4.78, 5) is 4.94. The zero-order valence-corrected chi connectivity index (χ0v) is 19.1. The minimum absolute atomic E-state index is 0.0602. The first-order valence-electron chi connectivity index (χ1n) is 11.1. The zero-order chi connectivity index (χ0) is 22.2. The molecule has 0 aliphatic heterocycles. The Bertz CT molecular complexity index is 1070. The summed E-state index contributed by atoms with van der Waals surface area (Å²) in [6.07, 6.45) is 3.71. The van der Waals surface area contributed by atoms with Gasteiger partial charge >= 0.3 is 6.01 Å². The number of pyridine rings is 1. The van der Waals surface area contributed by atoms with Crippen LogP contribution in [-0.2, 0) is 5.41 Å². The number of nitrogens with one attached hydrogen (secondary N) is 2. The molecule has 0 bridgehead atoms. The number of nitrogens with zero attached hydrogens (tertiary/aromatic N) is 3. The Labute approximate surface area is 183 Å². The van der Waals surface area contributed by atoms with Crippen LogP contribution in [0.4, 0.5) is 11.7 Å². The molecule has 1 fully saturated rings. The maximum Gasteiger partial charge on any atom is 0.315 e. The lowest BCUT2D eigenvalue weighted by Crippen LogP contribution is -2.25. The Morgan fingerprint density at radius 2 is 1.97 bits per heavy atom. The number of hydrogen-bond donors (Lipinski definition) is 3. The number of fused-ring (bicyclic) bond motifs is 1. The van der Waals surface area contributed by atoms with Crippen LogP contribution in [0.3, 0.4) is 0 Å². The highest BCUT2D eigenvalue weighted by atomic mass is 16.4. The monoisotopic (exact) mass is 423 g/mol. The standard InChI is InChI=1S/C24H33N5O2/c1-14-9-20(27-21-18(14)11-16(25-5)12-19(21)24(2,3)4)22-28-29-23(31-22)26-13-15-7-6-8-17(30)10-15/h9,11-12,15,17,25,30H,6-8,10,13H2,1-5H3,(H,26,29). The number of hydrogen-bond acceptors (Lipinski definition) is 7. The predicted molar refractivity (Wildman–Crippen MR) is 124 cm³/mol. The van der Waals surface area contributed by atoms with Crippen LogP contribution in [0, 0.1) is 12.8 Å². The lowest BCUT2D eigenvalue weighted by Gasteiger charge is -2.25. The summed E-state index contributed by atoms with van der Waals surface area (Å²) in [5.41, 5.74) is 4.95. The third kappa shape index (κ3) is 4.66. The lowest BCUT2D eigenvalue weighted by molar-refractivity contribution is 0.104. The van der Waals surface area contributed by atoms with Crippen molar-refractivity contribution in [3.8, 4) is 11.6 Å². The van der Waals surface area contributed by atoms with Crippen LogP contribution in [0.5, 0.6) is 0 Å². The van der Waals surface area contributed by atoms with E-state index < -0.39 is 0 Å². The van der Waals surface area contributed by atoms with Crippen molar-refractivity contribution in [3.63, 3.8) is 0 Å². The quantitative estimate of drug-likeness (QED) is 0.537. The Morgan fingerprint density at radius 1 is 1.16 bits per heavy atom. The first-order valence-corrected chi connectivity index (χ1v) is 11.1. The van der Waals surface area contributed by atoms with E-state index in [9.17, 15) is 5.11 Å². The van der Waals surface area contributed by atoms with Crippen LogP contribution in [0.1, 0.15) is 57.6 Å². The molecule has 0 amide bonds. The van der Waals surface area contributed by atoms with E-state index in [0.717, 1.165) is 54.4 Å². The van der Waals surface area contributed by atoms with Gasteiger partial charge in [0.2, 0.25) is 0 Å². The summed E-state index contributed by atoms with van der Waals surface area (Å²) in [5.74, 6) is 0.838. The Hall–Kier alpha value is -2.67. The molecule has 1 saturated carbocycles. The Kier molecular flexibility index (Phi) is 5.88. The molecule has 0 spiro atoms. The number of aliphatic hydroxyl groups is 1. The van der Waals surface area contributed by atoms with Crippen LogP contribution in [-0.4, -0.2) is 40.0 Å². The van der Waals surface area contributed by atoms with Crippen molar-refractivity contribution in [3.05, 3.63) is 29.3 Å². The van der Waals surface area contributed by atoms with Gasteiger partial charge in [0.05, 0.1) is 11.6 Å². The second kappa shape index (κ2) is 8.46. The fourth-order valence-electron chi connectivity index (χ4n) is 4.39. The fourth-order valence-corrected chi connectivity index (χ4v) is 4.39. The molecule has 1 aliphatic rings. The summed E-state index contributed by atoms with van der Waals surface area (Å²) in [6.45, 7) is 9.40. The van der Waals surface area contributed by atoms with Gasteiger partial charge in [-0.15, -0.1) is 5.10 Å². The SMILES string of the molecule is CNc1cc(C(C)(C)C)c2nc(-c3nnc(NCC4CCCC(O)C4)o3)cc(C)c2c1. The first kappa shape index (κ1) is 21.6. The normalized spacial score (nSPS) is 19.5. The fraction of sp³-hybridized carbons (Fsp3) is 0.542. The van der Waals surface area contributed by atoms with Crippen molar-refractivity contribution in [2.45, 2.75) is 64.9 Å². The van der Waals surface area contributed by atoms with Crippen molar-refractivity contribution < 1.29 is 9.52 Å². The van der Waals surface area contributed by atoms with E-state index in [0.29, 0.717) is 23.5 Å². The molecule has 7 nitrogen and oxygen atoms in total. The minimum Gasteiger partial charge on any atom is -0.402 e. The van der Waals surface area contributed by atoms with Crippen molar-refractivity contribution in [1.29, 1.82) is 0 Å². The van der Waals surface area contributed by atoms with Crippen LogP contribution in [0.25, 0.3) is 22.5 Å². The smallest absolute Gasteiger partial charge is 0.315 e. The van der Waals surface area contributed by atoms with Gasteiger partial charge in [-0.2, -0.15) is 0 Å². The van der Waals surface area contributed by atoms with Gasteiger partial charge < -0.3 is 20.2 Å². The molecule has 166 valence electrons. The van der Waals surface area contributed by atoms with Gasteiger partial charge in [-0.3, -0.25) is 0 Å².